The van der Waals surface area contributed by atoms with Gasteiger partial charge in [-0.3, -0.25) is 19.4 Å². The maximum atomic E-state index is 12.6. The number of halogens is 1. The van der Waals surface area contributed by atoms with Crippen LogP contribution in [0.3, 0.4) is 0 Å². The summed E-state index contributed by atoms with van der Waals surface area (Å²) in [6.45, 7) is -0.406. The van der Waals surface area contributed by atoms with E-state index in [4.69, 9.17) is 11.6 Å². The molecule has 3 aromatic carbocycles. The van der Waals surface area contributed by atoms with Crippen LogP contribution in [0.1, 0.15) is 16.7 Å². The minimum Gasteiger partial charge on any atom is -0.474 e. The third-order valence-electron chi connectivity index (χ3n) is 4.97. The molecule has 0 fully saturated rings. The second-order valence-electron chi connectivity index (χ2n) is 7.30. The molecule has 0 aliphatic heterocycles. The molecule has 10 heteroatoms. The van der Waals surface area contributed by atoms with E-state index in [0.717, 1.165) is 9.80 Å². The van der Waals surface area contributed by atoms with Crippen LogP contribution in [0.15, 0.2) is 72.8 Å². The average molecular weight is 492 g/mol. The van der Waals surface area contributed by atoms with Crippen molar-refractivity contribution in [3.63, 3.8) is 0 Å². The predicted octanol–water partition coefficient (Wildman–Crippen LogP) is 3.45. The average Bonchev–Trinajstić information content (AvgIpc) is 2.86. The summed E-state index contributed by atoms with van der Waals surface area (Å²) in [5.41, 5.74) is 0.767. The van der Waals surface area contributed by atoms with Gasteiger partial charge in [0.05, 0.1) is 41.1 Å². The molecule has 0 saturated carbocycles. The molecule has 0 saturated heterocycles. The standard InChI is InChI=1S/C25H18ClN3O6/c26-21-19(28(22(30)24(32)33)14-16-7-3-1-4-8-16)11-18(13-27)12-20(21)29(23(31)25(34)35)15-17-9-5-2-6-10-17/h1-12H,14-15H2,(H,32,33)(H,34,35). The second-order valence-corrected chi connectivity index (χ2v) is 7.68. The first-order valence-electron chi connectivity index (χ1n) is 10.1. The Morgan fingerprint density at radius 1 is 0.743 bits per heavy atom. The first kappa shape index (κ1) is 25.0. The fourth-order valence-electron chi connectivity index (χ4n) is 3.35. The molecule has 0 aromatic heterocycles. The van der Waals surface area contributed by atoms with Gasteiger partial charge in [0.1, 0.15) is 0 Å². The molecule has 0 aliphatic carbocycles. The summed E-state index contributed by atoms with van der Waals surface area (Å²) < 4.78 is 0. The van der Waals surface area contributed by atoms with Crippen LogP contribution in [0.2, 0.25) is 5.02 Å². The van der Waals surface area contributed by atoms with Gasteiger partial charge in [0.15, 0.2) is 0 Å². The maximum Gasteiger partial charge on any atom is 0.394 e. The van der Waals surface area contributed by atoms with Crippen LogP contribution in [-0.4, -0.2) is 34.0 Å². The number of hydrogen-bond acceptors (Lipinski definition) is 5. The number of rotatable bonds is 6. The zero-order valence-electron chi connectivity index (χ0n) is 18.1. The molecule has 0 bridgehead atoms. The first-order valence-corrected chi connectivity index (χ1v) is 10.5. The summed E-state index contributed by atoms with van der Waals surface area (Å²) in [4.78, 5) is 50.1. The fourth-order valence-corrected chi connectivity index (χ4v) is 3.66. The van der Waals surface area contributed by atoms with Crippen molar-refractivity contribution >= 4 is 46.7 Å². The van der Waals surface area contributed by atoms with Gasteiger partial charge in [0.2, 0.25) is 0 Å². The van der Waals surface area contributed by atoms with Crippen LogP contribution in [0.5, 0.6) is 0 Å². The Kier molecular flexibility index (Phi) is 7.81. The lowest BCUT2D eigenvalue weighted by Crippen LogP contribution is -2.38. The zero-order valence-corrected chi connectivity index (χ0v) is 18.8. The molecule has 0 atom stereocenters. The van der Waals surface area contributed by atoms with Gasteiger partial charge in [0.25, 0.3) is 0 Å². The smallest absolute Gasteiger partial charge is 0.394 e. The van der Waals surface area contributed by atoms with Gasteiger partial charge in [-0.25, -0.2) is 9.59 Å². The van der Waals surface area contributed by atoms with E-state index in [2.05, 4.69) is 0 Å². The number of carbonyl (C=O) groups is 4. The topological polar surface area (TPSA) is 139 Å². The number of carboxylic acid groups (broad SMARTS) is 2. The lowest BCUT2D eigenvalue weighted by Gasteiger charge is -2.27. The highest BCUT2D eigenvalue weighted by Gasteiger charge is 2.30. The highest BCUT2D eigenvalue weighted by Crippen LogP contribution is 2.38. The third kappa shape index (κ3) is 5.82. The van der Waals surface area contributed by atoms with E-state index in [0.29, 0.717) is 11.1 Å². The van der Waals surface area contributed by atoms with Crippen molar-refractivity contribution in [3.8, 4) is 6.07 Å². The highest BCUT2D eigenvalue weighted by atomic mass is 35.5. The minimum absolute atomic E-state index is 0.0631. The number of nitrogens with zero attached hydrogens (tertiary/aromatic N) is 3. The van der Waals surface area contributed by atoms with E-state index in [1.54, 1.807) is 60.7 Å². The van der Waals surface area contributed by atoms with E-state index >= 15 is 0 Å². The van der Waals surface area contributed by atoms with E-state index in [1.807, 2.05) is 6.07 Å². The van der Waals surface area contributed by atoms with Gasteiger partial charge in [0, 0.05) is 0 Å². The molecule has 2 amide bonds. The second kappa shape index (κ2) is 11.0. The van der Waals surface area contributed by atoms with Crippen molar-refractivity contribution in [1.82, 2.24) is 0 Å². The minimum atomic E-state index is -1.76. The lowest BCUT2D eigenvalue weighted by molar-refractivity contribution is -0.148. The molecule has 176 valence electrons. The van der Waals surface area contributed by atoms with Gasteiger partial charge >= 0.3 is 23.8 Å². The molecule has 35 heavy (non-hydrogen) atoms. The largest absolute Gasteiger partial charge is 0.474 e. The van der Waals surface area contributed by atoms with E-state index < -0.39 is 23.8 Å². The van der Waals surface area contributed by atoms with Crippen LogP contribution >= 0.6 is 11.6 Å². The number of carboxylic acids is 2. The highest BCUT2D eigenvalue weighted by molar-refractivity contribution is 6.43. The van der Waals surface area contributed by atoms with Crippen LogP contribution in [0.25, 0.3) is 0 Å². The molecule has 3 rings (SSSR count). The van der Waals surface area contributed by atoms with Gasteiger partial charge in [-0.2, -0.15) is 5.26 Å². The lowest BCUT2D eigenvalue weighted by atomic mass is 10.1. The molecule has 0 aliphatic rings. The number of aliphatic carboxylic acids is 2. The predicted molar refractivity (Wildman–Crippen MR) is 127 cm³/mol. The van der Waals surface area contributed by atoms with Crippen molar-refractivity contribution in [1.29, 1.82) is 5.26 Å². The number of nitriles is 1. The number of hydrogen-bond donors (Lipinski definition) is 2. The number of carbonyl (C=O) groups excluding carboxylic acids is 2. The summed E-state index contributed by atoms with van der Waals surface area (Å²) in [6, 6.07) is 21.3. The third-order valence-corrected chi connectivity index (χ3v) is 5.36. The Bertz CT molecular complexity index is 1230. The summed E-state index contributed by atoms with van der Waals surface area (Å²) in [5, 5.41) is 28.1. The van der Waals surface area contributed by atoms with Gasteiger partial charge < -0.3 is 10.2 Å². The Labute approximate surface area is 205 Å². The van der Waals surface area contributed by atoms with Gasteiger partial charge in [-0.1, -0.05) is 72.3 Å². The zero-order chi connectivity index (χ0) is 25.5. The molecular weight excluding hydrogens is 474 g/mol. The van der Waals surface area contributed by atoms with E-state index in [-0.39, 0.29) is 35.1 Å². The Balaban J connectivity index is 2.20. The van der Waals surface area contributed by atoms with E-state index in [1.165, 1.54) is 12.1 Å². The quantitative estimate of drug-likeness (QED) is 0.503. The van der Waals surface area contributed by atoms with E-state index in [9.17, 15) is 34.7 Å². The fraction of sp³-hybridized carbons (Fsp3) is 0.0800. The summed E-state index contributed by atoms with van der Waals surface area (Å²) in [6.07, 6.45) is 0. The molecule has 0 radical (unpaired) electrons. The molecule has 3 aromatic rings. The SMILES string of the molecule is N#Cc1cc(N(Cc2ccccc2)C(=O)C(=O)O)c(Cl)c(N(Cc2ccccc2)C(=O)C(=O)O)c1. The monoisotopic (exact) mass is 491 g/mol. The summed E-state index contributed by atoms with van der Waals surface area (Å²) in [5.74, 6) is -6.17. The van der Waals surface area contributed by atoms with Crippen LogP contribution in [0.4, 0.5) is 11.4 Å². The van der Waals surface area contributed by atoms with Crippen LogP contribution < -0.4 is 9.80 Å². The van der Waals surface area contributed by atoms with Gasteiger partial charge in [-0.05, 0) is 23.3 Å². The normalized spacial score (nSPS) is 10.2. The molecule has 0 spiro atoms. The molecule has 0 heterocycles. The van der Waals surface area contributed by atoms with Crippen molar-refractivity contribution < 1.29 is 29.4 Å². The number of amides is 2. The first-order chi connectivity index (χ1) is 16.7. The van der Waals surface area contributed by atoms with Crippen molar-refractivity contribution in [2.24, 2.45) is 0 Å². The summed E-state index contributed by atoms with van der Waals surface area (Å²) in [7, 11) is 0. The van der Waals surface area contributed by atoms with Crippen molar-refractivity contribution in [2.75, 3.05) is 9.80 Å². The molecule has 2 N–H and O–H groups in total. The molecular formula is C25H18ClN3O6. The van der Waals surface area contributed by atoms with Crippen molar-refractivity contribution in [3.05, 3.63) is 94.5 Å². The maximum absolute atomic E-state index is 12.6. The molecule has 0 unspecified atom stereocenters. The molecule has 9 nitrogen and oxygen atoms in total. The van der Waals surface area contributed by atoms with Crippen molar-refractivity contribution in [2.45, 2.75) is 13.1 Å². The Hall–Kier alpha value is -4.68. The number of benzene rings is 3. The van der Waals surface area contributed by atoms with Crippen LogP contribution in [-0.2, 0) is 32.3 Å². The van der Waals surface area contributed by atoms with Crippen LogP contribution in [0, 0.1) is 11.3 Å². The van der Waals surface area contributed by atoms with Gasteiger partial charge in [-0.15, -0.1) is 0 Å². The Morgan fingerprint density at radius 3 is 1.43 bits per heavy atom. The Morgan fingerprint density at radius 2 is 1.11 bits per heavy atom. The summed E-state index contributed by atoms with van der Waals surface area (Å²) >= 11 is 6.57. The number of anilines is 2.